The summed E-state index contributed by atoms with van der Waals surface area (Å²) in [6, 6.07) is 4.75. The van der Waals surface area contributed by atoms with Gasteiger partial charge in [0.15, 0.2) is 11.5 Å². The molecule has 0 saturated carbocycles. The van der Waals surface area contributed by atoms with Crippen LogP contribution in [0.2, 0.25) is 0 Å². The molecular weight excluding hydrogens is 256 g/mol. The Morgan fingerprint density at radius 1 is 1.35 bits per heavy atom. The minimum absolute atomic E-state index is 0.139. The molecule has 0 fully saturated rings. The normalized spacial score (nSPS) is 13.4. The van der Waals surface area contributed by atoms with Crippen molar-refractivity contribution in [3.8, 4) is 11.5 Å². The van der Waals surface area contributed by atoms with E-state index in [-0.39, 0.29) is 11.8 Å². The number of nitrogens with two attached hydrogens (primary N) is 1. The van der Waals surface area contributed by atoms with E-state index in [9.17, 15) is 4.79 Å². The Labute approximate surface area is 120 Å². The van der Waals surface area contributed by atoms with Crippen LogP contribution in [0.15, 0.2) is 18.2 Å². The third kappa shape index (κ3) is 4.13. The zero-order chi connectivity index (χ0) is 15.1. The number of carbonyl (C=O) groups excluding carboxylic acids is 1. The topological polar surface area (TPSA) is 73.6 Å². The van der Waals surface area contributed by atoms with Gasteiger partial charge in [-0.25, -0.2) is 0 Å². The molecule has 0 unspecified atom stereocenters. The van der Waals surface area contributed by atoms with Crippen molar-refractivity contribution < 1.29 is 14.3 Å². The lowest BCUT2D eigenvalue weighted by Crippen LogP contribution is -2.40. The highest BCUT2D eigenvalue weighted by molar-refractivity contribution is 5.95. The molecule has 5 heteroatoms. The molecule has 2 atom stereocenters. The highest BCUT2D eigenvalue weighted by Gasteiger charge is 2.19. The van der Waals surface area contributed by atoms with Gasteiger partial charge in [0.1, 0.15) is 0 Å². The number of hydrogen-bond donors (Lipinski definition) is 2. The standard InChI is InChI=1S/C15H24N2O3/c1-5-10(3)14(16)15(18)17-11-7-8-12(19-4)13(9-11)20-6-2/h7-10,14H,5-6,16H2,1-4H3,(H,17,18)/t10-,14-/m0/s1. The van der Waals surface area contributed by atoms with Gasteiger partial charge in [-0.2, -0.15) is 0 Å². The van der Waals surface area contributed by atoms with Crippen LogP contribution in [-0.4, -0.2) is 25.7 Å². The van der Waals surface area contributed by atoms with Gasteiger partial charge in [0.05, 0.1) is 19.8 Å². The van der Waals surface area contributed by atoms with Gasteiger partial charge < -0.3 is 20.5 Å². The number of ether oxygens (including phenoxy) is 2. The second kappa shape index (κ2) is 7.75. The van der Waals surface area contributed by atoms with Crippen molar-refractivity contribution in [2.45, 2.75) is 33.2 Å². The number of benzene rings is 1. The minimum Gasteiger partial charge on any atom is -0.493 e. The van der Waals surface area contributed by atoms with Crippen molar-refractivity contribution in [2.75, 3.05) is 19.0 Å². The number of carbonyl (C=O) groups is 1. The molecule has 0 saturated heterocycles. The van der Waals surface area contributed by atoms with Crippen molar-refractivity contribution in [1.29, 1.82) is 0 Å². The summed E-state index contributed by atoms with van der Waals surface area (Å²) in [5.41, 5.74) is 6.55. The molecule has 1 aromatic rings. The van der Waals surface area contributed by atoms with Crippen LogP contribution in [0.3, 0.4) is 0 Å². The maximum atomic E-state index is 12.0. The van der Waals surface area contributed by atoms with E-state index in [4.69, 9.17) is 15.2 Å². The quantitative estimate of drug-likeness (QED) is 0.804. The Balaban J connectivity index is 2.82. The van der Waals surface area contributed by atoms with E-state index in [1.807, 2.05) is 20.8 Å². The van der Waals surface area contributed by atoms with Gasteiger partial charge in [0, 0.05) is 11.8 Å². The van der Waals surface area contributed by atoms with Gasteiger partial charge in [0.2, 0.25) is 5.91 Å². The van der Waals surface area contributed by atoms with E-state index in [0.717, 1.165) is 6.42 Å². The fraction of sp³-hybridized carbons (Fsp3) is 0.533. The van der Waals surface area contributed by atoms with Crippen LogP contribution < -0.4 is 20.5 Å². The largest absolute Gasteiger partial charge is 0.493 e. The predicted octanol–water partition coefficient (Wildman–Crippen LogP) is 2.41. The second-order valence-corrected chi connectivity index (χ2v) is 4.70. The van der Waals surface area contributed by atoms with Crippen LogP contribution in [0, 0.1) is 5.92 Å². The lowest BCUT2D eigenvalue weighted by atomic mass is 9.99. The second-order valence-electron chi connectivity index (χ2n) is 4.70. The molecule has 0 aliphatic heterocycles. The van der Waals surface area contributed by atoms with Crippen LogP contribution in [0.1, 0.15) is 27.2 Å². The molecule has 5 nitrogen and oxygen atoms in total. The molecule has 0 radical (unpaired) electrons. The minimum atomic E-state index is -0.516. The molecule has 0 spiro atoms. The molecule has 0 heterocycles. The van der Waals surface area contributed by atoms with Crippen molar-refractivity contribution in [3.63, 3.8) is 0 Å². The maximum Gasteiger partial charge on any atom is 0.241 e. The number of hydrogen-bond acceptors (Lipinski definition) is 4. The molecule has 3 N–H and O–H groups in total. The highest BCUT2D eigenvalue weighted by Crippen LogP contribution is 2.30. The van der Waals surface area contributed by atoms with Gasteiger partial charge in [-0.05, 0) is 25.0 Å². The van der Waals surface area contributed by atoms with Gasteiger partial charge in [-0.15, -0.1) is 0 Å². The average molecular weight is 280 g/mol. The molecule has 0 bridgehead atoms. The number of methoxy groups -OCH3 is 1. The van der Waals surface area contributed by atoms with Gasteiger partial charge >= 0.3 is 0 Å². The van der Waals surface area contributed by atoms with Gasteiger partial charge in [-0.3, -0.25) is 4.79 Å². The zero-order valence-corrected chi connectivity index (χ0v) is 12.6. The van der Waals surface area contributed by atoms with Crippen molar-refractivity contribution >= 4 is 11.6 Å². The van der Waals surface area contributed by atoms with E-state index in [0.29, 0.717) is 23.8 Å². The predicted molar refractivity (Wildman–Crippen MR) is 80.2 cm³/mol. The maximum absolute atomic E-state index is 12.0. The summed E-state index contributed by atoms with van der Waals surface area (Å²) in [5, 5.41) is 2.81. The first-order valence-corrected chi connectivity index (χ1v) is 6.90. The summed E-state index contributed by atoms with van der Waals surface area (Å²) < 4.78 is 10.7. The monoisotopic (exact) mass is 280 g/mol. The van der Waals surface area contributed by atoms with E-state index < -0.39 is 6.04 Å². The molecule has 0 aromatic heterocycles. The number of amides is 1. The smallest absolute Gasteiger partial charge is 0.241 e. The van der Waals surface area contributed by atoms with E-state index in [1.54, 1.807) is 25.3 Å². The Hall–Kier alpha value is -1.75. The van der Waals surface area contributed by atoms with E-state index >= 15 is 0 Å². The summed E-state index contributed by atoms with van der Waals surface area (Å²) in [6.07, 6.45) is 0.862. The Morgan fingerprint density at radius 2 is 2.05 bits per heavy atom. The fourth-order valence-corrected chi connectivity index (χ4v) is 1.76. The van der Waals surface area contributed by atoms with Crippen LogP contribution in [0.4, 0.5) is 5.69 Å². The molecule has 1 amide bonds. The van der Waals surface area contributed by atoms with Crippen LogP contribution in [0.25, 0.3) is 0 Å². The molecule has 20 heavy (non-hydrogen) atoms. The third-order valence-corrected chi connectivity index (χ3v) is 3.29. The summed E-state index contributed by atoms with van der Waals surface area (Å²) in [4.78, 5) is 12.0. The number of rotatable bonds is 7. The lowest BCUT2D eigenvalue weighted by molar-refractivity contribution is -0.118. The first-order chi connectivity index (χ1) is 9.53. The lowest BCUT2D eigenvalue weighted by Gasteiger charge is -2.18. The van der Waals surface area contributed by atoms with Crippen molar-refractivity contribution in [3.05, 3.63) is 18.2 Å². The van der Waals surface area contributed by atoms with Gasteiger partial charge in [-0.1, -0.05) is 20.3 Å². The summed E-state index contributed by atoms with van der Waals surface area (Å²) in [5.74, 6) is 1.19. The third-order valence-electron chi connectivity index (χ3n) is 3.29. The highest BCUT2D eigenvalue weighted by atomic mass is 16.5. The van der Waals surface area contributed by atoms with Crippen molar-refractivity contribution in [2.24, 2.45) is 11.7 Å². The molecule has 0 aliphatic rings. The van der Waals surface area contributed by atoms with E-state index in [2.05, 4.69) is 5.32 Å². The number of anilines is 1. The summed E-state index contributed by atoms with van der Waals surface area (Å²) in [7, 11) is 1.58. The molecular formula is C15H24N2O3. The molecule has 1 aromatic carbocycles. The van der Waals surface area contributed by atoms with Crippen LogP contribution in [-0.2, 0) is 4.79 Å². The van der Waals surface area contributed by atoms with Gasteiger partial charge in [0.25, 0.3) is 0 Å². The Kier molecular flexibility index (Phi) is 6.31. The van der Waals surface area contributed by atoms with Crippen molar-refractivity contribution in [1.82, 2.24) is 0 Å². The Bertz CT molecular complexity index is 449. The SMILES string of the molecule is CCOc1cc(NC(=O)[C@@H](N)[C@@H](C)CC)ccc1OC. The summed E-state index contributed by atoms with van der Waals surface area (Å²) in [6.45, 7) is 6.39. The Morgan fingerprint density at radius 3 is 2.60 bits per heavy atom. The summed E-state index contributed by atoms with van der Waals surface area (Å²) >= 11 is 0. The zero-order valence-electron chi connectivity index (χ0n) is 12.6. The van der Waals surface area contributed by atoms with Crippen LogP contribution >= 0.6 is 0 Å². The molecule has 1 rings (SSSR count). The number of nitrogens with one attached hydrogen (secondary N) is 1. The van der Waals surface area contributed by atoms with Crippen LogP contribution in [0.5, 0.6) is 11.5 Å². The molecule has 112 valence electrons. The average Bonchev–Trinajstić information content (AvgIpc) is 2.46. The first kappa shape index (κ1) is 16.3. The fourth-order valence-electron chi connectivity index (χ4n) is 1.76. The first-order valence-electron chi connectivity index (χ1n) is 6.90. The molecule has 0 aliphatic carbocycles. The van der Waals surface area contributed by atoms with E-state index in [1.165, 1.54) is 0 Å².